The molecule has 0 bridgehead atoms. The van der Waals surface area contributed by atoms with Crippen LogP contribution in [-0.4, -0.2) is 55.6 Å². The van der Waals surface area contributed by atoms with Gasteiger partial charge in [0.05, 0.1) is 19.6 Å². The molecular formula is C14H23N3O4. The zero-order chi connectivity index (χ0) is 15.2. The Labute approximate surface area is 124 Å². The summed E-state index contributed by atoms with van der Waals surface area (Å²) in [6.07, 6.45) is 4.90. The fourth-order valence-corrected chi connectivity index (χ4v) is 3.00. The number of carbonyl (C=O) groups is 3. The van der Waals surface area contributed by atoms with E-state index in [1.807, 2.05) is 4.90 Å². The molecule has 7 nitrogen and oxygen atoms in total. The Balaban J connectivity index is 1.67. The summed E-state index contributed by atoms with van der Waals surface area (Å²) in [5.41, 5.74) is 0. The third-order valence-corrected chi connectivity index (χ3v) is 4.12. The van der Waals surface area contributed by atoms with Gasteiger partial charge in [0, 0.05) is 12.6 Å². The van der Waals surface area contributed by atoms with Crippen molar-refractivity contribution >= 4 is 17.9 Å². The van der Waals surface area contributed by atoms with E-state index in [2.05, 4.69) is 10.6 Å². The number of urea groups is 1. The molecule has 7 heteroatoms. The molecule has 1 saturated carbocycles. The minimum atomic E-state index is -0.421. The zero-order valence-electron chi connectivity index (χ0n) is 12.4. The second kappa shape index (κ2) is 7.40. The molecule has 0 aromatic heterocycles. The van der Waals surface area contributed by atoms with Gasteiger partial charge >= 0.3 is 12.0 Å². The summed E-state index contributed by atoms with van der Waals surface area (Å²) in [6.45, 7) is 1.30. The molecule has 0 radical (unpaired) electrons. The Bertz CT molecular complexity index is 407. The van der Waals surface area contributed by atoms with E-state index < -0.39 is 6.03 Å². The number of nitrogens with zero attached hydrogens (tertiary/aromatic N) is 1. The van der Waals surface area contributed by atoms with Gasteiger partial charge in [-0.05, 0) is 25.8 Å². The van der Waals surface area contributed by atoms with Crippen molar-refractivity contribution in [1.82, 2.24) is 15.5 Å². The lowest BCUT2D eigenvalue weighted by molar-refractivity contribution is -0.145. The molecule has 1 aliphatic carbocycles. The fraction of sp³-hybridized carbons (Fsp3) is 0.786. The maximum atomic E-state index is 11.8. The first kappa shape index (κ1) is 15.8. The average molecular weight is 297 g/mol. The van der Waals surface area contributed by atoms with Crippen LogP contribution in [0.3, 0.4) is 0 Å². The van der Waals surface area contributed by atoms with E-state index in [1.54, 1.807) is 0 Å². The van der Waals surface area contributed by atoms with Crippen molar-refractivity contribution in [3.05, 3.63) is 0 Å². The Morgan fingerprint density at radius 1 is 1.19 bits per heavy atom. The third-order valence-electron chi connectivity index (χ3n) is 4.12. The molecule has 118 valence electrons. The molecule has 1 aliphatic heterocycles. The second-order valence-electron chi connectivity index (χ2n) is 5.75. The number of amides is 3. The lowest BCUT2D eigenvalue weighted by Gasteiger charge is -2.16. The van der Waals surface area contributed by atoms with Crippen LogP contribution in [0.5, 0.6) is 0 Å². The van der Waals surface area contributed by atoms with Crippen molar-refractivity contribution in [3.63, 3.8) is 0 Å². The van der Waals surface area contributed by atoms with Gasteiger partial charge in [0.15, 0.2) is 0 Å². The van der Waals surface area contributed by atoms with E-state index in [0.717, 1.165) is 25.7 Å². The first-order valence-corrected chi connectivity index (χ1v) is 7.49. The topological polar surface area (TPSA) is 87.7 Å². The number of ether oxygens (including phenoxy) is 1. The molecular weight excluding hydrogens is 274 g/mol. The highest BCUT2D eigenvalue weighted by atomic mass is 16.5. The third kappa shape index (κ3) is 4.70. The van der Waals surface area contributed by atoms with Crippen molar-refractivity contribution in [3.8, 4) is 0 Å². The second-order valence-corrected chi connectivity index (χ2v) is 5.75. The van der Waals surface area contributed by atoms with Crippen LogP contribution in [0.15, 0.2) is 0 Å². The van der Waals surface area contributed by atoms with Crippen LogP contribution >= 0.6 is 0 Å². The lowest BCUT2D eigenvalue weighted by atomic mass is 10.1. The van der Waals surface area contributed by atoms with Gasteiger partial charge in [-0.1, -0.05) is 12.8 Å². The molecule has 0 aromatic rings. The zero-order valence-corrected chi connectivity index (χ0v) is 12.4. The Hall–Kier alpha value is -1.63. The van der Waals surface area contributed by atoms with Gasteiger partial charge in [0.1, 0.15) is 0 Å². The highest BCUT2D eigenvalue weighted by Gasteiger charge is 2.30. The first-order chi connectivity index (χ1) is 10.1. The number of esters is 1. The predicted octanol–water partition coefficient (Wildman–Crippen LogP) is 0.250. The van der Waals surface area contributed by atoms with Crippen LogP contribution in [0.2, 0.25) is 0 Å². The minimum Gasteiger partial charge on any atom is -0.469 e. The number of rotatable bonds is 4. The van der Waals surface area contributed by atoms with Crippen LogP contribution in [0.4, 0.5) is 4.79 Å². The van der Waals surface area contributed by atoms with Crippen LogP contribution in [0.25, 0.3) is 0 Å². The summed E-state index contributed by atoms with van der Waals surface area (Å²) in [5.74, 6) is -0.747. The van der Waals surface area contributed by atoms with Crippen molar-refractivity contribution in [2.75, 3.05) is 26.7 Å². The first-order valence-electron chi connectivity index (χ1n) is 7.49. The normalized spacial score (nSPS) is 23.0. The van der Waals surface area contributed by atoms with Gasteiger partial charge in [0.25, 0.3) is 0 Å². The van der Waals surface area contributed by atoms with Gasteiger partial charge in [-0.2, -0.15) is 0 Å². The smallest absolute Gasteiger partial charge is 0.321 e. The molecule has 1 heterocycles. The van der Waals surface area contributed by atoms with Crippen LogP contribution in [0.1, 0.15) is 32.1 Å². The number of imide groups is 1. The molecule has 1 saturated heterocycles. The minimum absolute atomic E-state index is 0.131. The molecule has 1 atom stereocenters. The van der Waals surface area contributed by atoms with Crippen LogP contribution in [-0.2, 0) is 14.3 Å². The number of hydrogen-bond acceptors (Lipinski definition) is 5. The van der Waals surface area contributed by atoms with Gasteiger partial charge in [-0.25, -0.2) is 4.79 Å². The molecule has 2 aliphatic rings. The molecule has 21 heavy (non-hydrogen) atoms. The molecule has 2 N–H and O–H groups in total. The summed E-state index contributed by atoms with van der Waals surface area (Å²) < 4.78 is 4.70. The Morgan fingerprint density at radius 3 is 2.57 bits per heavy atom. The standard InChI is InChI=1S/C14H23N3O4/c1-21-13(19)10-6-7-17(8-10)9-12(18)16-14(20)15-11-4-2-3-5-11/h10-11H,2-9H2,1H3,(H2,15,16,18,20). The lowest BCUT2D eigenvalue weighted by Crippen LogP contribution is -2.46. The molecule has 2 fully saturated rings. The predicted molar refractivity (Wildman–Crippen MR) is 75.5 cm³/mol. The van der Waals surface area contributed by atoms with Crippen molar-refractivity contribution in [1.29, 1.82) is 0 Å². The van der Waals surface area contributed by atoms with E-state index in [-0.39, 0.29) is 30.4 Å². The molecule has 3 amide bonds. The van der Waals surface area contributed by atoms with Crippen molar-refractivity contribution in [2.24, 2.45) is 5.92 Å². The molecule has 0 spiro atoms. The number of methoxy groups -OCH3 is 1. The van der Waals surface area contributed by atoms with Gasteiger partial charge in [-0.15, -0.1) is 0 Å². The SMILES string of the molecule is COC(=O)C1CCN(CC(=O)NC(=O)NC2CCCC2)C1. The van der Waals surface area contributed by atoms with E-state index in [1.165, 1.54) is 7.11 Å². The summed E-state index contributed by atoms with van der Waals surface area (Å²) in [5, 5.41) is 5.15. The number of nitrogens with one attached hydrogen (secondary N) is 2. The summed E-state index contributed by atoms with van der Waals surface area (Å²) in [6, 6.07) is -0.232. The summed E-state index contributed by atoms with van der Waals surface area (Å²) in [4.78, 5) is 36.7. The molecule has 0 aromatic carbocycles. The number of carbonyl (C=O) groups excluding carboxylic acids is 3. The quantitative estimate of drug-likeness (QED) is 0.726. The number of likely N-dealkylation sites (tertiary alicyclic amines) is 1. The average Bonchev–Trinajstić information content (AvgIpc) is 3.09. The fourth-order valence-electron chi connectivity index (χ4n) is 3.00. The van der Waals surface area contributed by atoms with E-state index in [0.29, 0.717) is 19.5 Å². The van der Waals surface area contributed by atoms with Gasteiger partial charge in [-0.3, -0.25) is 19.8 Å². The molecule has 2 rings (SSSR count). The number of hydrogen-bond donors (Lipinski definition) is 2. The van der Waals surface area contributed by atoms with Crippen molar-refractivity contribution in [2.45, 2.75) is 38.1 Å². The summed E-state index contributed by atoms with van der Waals surface area (Å²) >= 11 is 0. The van der Waals surface area contributed by atoms with E-state index in [9.17, 15) is 14.4 Å². The van der Waals surface area contributed by atoms with Gasteiger partial charge in [0.2, 0.25) is 5.91 Å². The molecule has 1 unspecified atom stereocenters. The maximum absolute atomic E-state index is 11.8. The van der Waals surface area contributed by atoms with Crippen molar-refractivity contribution < 1.29 is 19.1 Å². The van der Waals surface area contributed by atoms with E-state index in [4.69, 9.17) is 4.74 Å². The van der Waals surface area contributed by atoms with Gasteiger partial charge < -0.3 is 10.1 Å². The van der Waals surface area contributed by atoms with Crippen LogP contribution in [0, 0.1) is 5.92 Å². The Morgan fingerprint density at radius 2 is 1.90 bits per heavy atom. The van der Waals surface area contributed by atoms with Crippen LogP contribution < -0.4 is 10.6 Å². The maximum Gasteiger partial charge on any atom is 0.321 e. The highest BCUT2D eigenvalue weighted by molar-refractivity contribution is 5.95. The monoisotopic (exact) mass is 297 g/mol. The summed E-state index contributed by atoms with van der Waals surface area (Å²) in [7, 11) is 1.37. The highest BCUT2D eigenvalue weighted by Crippen LogP contribution is 2.18. The van der Waals surface area contributed by atoms with E-state index >= 15 is 0 Å². The Kier molecular flexibility index (Phi) is 5.55. The largest absolute Gasteiger partial charge is 0.469 e.